The van der Waals surface area contributed by atoms with Gasteiger partial charge in [0.05, 0.1) is 12.1 Å². The lowest BCUT2D eigenvalue weighted by molar-refractivity contribution is -0.127. The maximum absolute atomic E-state index is 11.3. The molecule has 0 saturated carbocycles. The topological polar surface area (TPSA) is 69.6 Å². The number of hydrogen-bond donors (Lipinski definition) is 2. The molecule has 1 aliphatic heterocycles. The van der Waals surface area contributed by atoms with E-state index < -0.39 is 5.60 Å². The van der Waals surface area contributed by atoms with E-state index >= 15 is 0 Å². The van der Waals surface area contributed by atoms with Gasteiger partial charge in [0.25, 0.3) is 0 Å². The van der Waals surface area contributed by atoms with E-state index in [4.69, 9.17) is 0 Å². The zero-order chi connectivity index (χ0) is 10.9. The third-order valence-corrected chi connectivity index (χ3v) is 2.11. The Balaban J connectivity index is 2.64. The van der Waals surface area contributed by atoms with Gasteiger partial charge in [0.2, 0.25) is 5.91 Å². The molecule has 1 atom stereocenters. The van der Waals surface area contributed by atoms with Gasteiger partial charge >= 0.3 is 6.03 Å². The van der Waals surface area contributed by atoms with Crippen LogP contribution in [0.25, 0.3) is 0 Å². The molecule has 0 bridgehead atoms. The highest BCUT2D eigenvalue weighted by Gasteiger charge is 2.34. The van der Waals surface area contributed by atoms with Crippen LogP contribution in [-0.4, -0.2) is 40.1 Å². The number of amides is 3. The minimum absolute atomic E-state index is 0.0645. The second-order valence-corrected chi connectivity index (χ2v) is 4.29. The summed E-state index contributed by atoms with van der Waals surface area (Å²) in [6.07, 6.45) is 0.381. The molecule has 5 heteroatoms. The first-order chi connectivity index (χ1) is 6.31. The van der Waals surface area contributed by atoms with Crippen molar-refractivity contribution in [2.24, 2.45) is 0 Å². The lowest BCUT2D eigenvalue weighted by atomic mass is 9.99. The third kappa shape index (κ3) is 2.45. The van der Waals surface area contributed by atoms with E-state index in [-0.39, 0.29) is 24.5 Å². The number of hydrogen-bond acceptors (Lipinski definition) is 3. The van der Waals surface area contributed by atoms with Crippen LogP contribution in [0.1, 0.15) is 27.2 Å². The van der Waals surface area contributed by atoms with Crippen LogP contribution in [0.15, 0.2) is 0 Å². The van der Waals surface area contributed by atoms with Gasteiger partial charge in [-0.3, -0.25) is 9.69 Å². The van der Waals surface area contributed by atoms with Gasteiger partial charge in [-0.15, -0.1) is 0 Å². The van der Waals surface area contributed by atoms with Crippen molar-refractivity contribution < 1.29 is 14.7 Å². The molecule has 1 heterocycles. The number of carbonyl (C=O) groups is 2. The Kier molecular flexibility index (Phi) is 2.80. The van der Waals surface area contributed by atoms with E-state index in [0.29, 0.717) is 6.42 Å². The fourth-order valence-electron chi connectivity index (χ4n) is 1.70. The average Bonchev–Trinajstić information content (AvgIpc) is 2.27. The maximum Gasteiger partial charge on any atom is 0.324 e. The molecule has 80 valence electrons. The minimum atomic E-state index is -0.872. The summed E-state index contributed by atoms with van der Waals surface area (Å²) in [5.74, 6) is -0.230. The molecule has 5 nitrogen and oxygen atoms in total. The molecule has 0 radical (unpaired) electrons. The molecule has 0 aromatic heterocycles. The molecule has 0 aromatic carbocycles. The number of nitrogens with one attached hydrogen (secondary N) is 1. The van der Waals surface area contributed by atoms with E-state index in [1.807, 2.05) is 0 Å². The average molecular weight is 200 g/mol. The molecule has 14 heavy (non-hydrogen) atoms. The van der Waals surface area contributed by atoms with Crippen LogP contribution in [0, 0.1) is 0 Å². The zero-order valence-corrected chi connectivity index (χ0v) is 8.70. The summed E-state index contributed by atoms with van der Waals surface area (Å²) in [7, 11) is 0. The Hall–Kier alpha value is -1.10. The number of carbonyl (C=O) groups excluding carboxylic acids is 2. The lowest BCUT2D eigenvalue weighted by Gasteiger charge is -2.27. The number of aliphatic hydroxyl groups is 1. The van der Waals surface area contributed by atoms with Gasteiger partial charge in [-0.2, -0.15) is 0 Å². The normalized spacial score (nSPS) is 19.9. The van der Waals surface area contributed by atoms with Gasteiger partial charge in [0.1, 0.15) is 0 Å². The van der Waals surface area contributed by atoms with E-state index in [9.17, 15) is 14.7 Å². The predicted octanol–water partition coefficient (Wildman–Crippen LogP) is 0.0877. The highest BCUT2D eigenvalue weighted by atomic mass is 16.3. The Morgan fingerprint density at radius 2 is 2.14 bits per heavy atom. The van der Waals surface area contributed by atoms with Gasteiger partial charge < -0.3 is 10.4 Å². The van der Waals surface area contributed by atoms with E-state index in [1.54, 1.807) is 20.8 Å². The highest BCUT2D eigenvalue weighted by molar-refractivity contribution is 6.02. The van der Waals surface area contributed by atoms with Crippen molar-refractivity contribution in [3.05, 3.63) is 0 Å². The Morgan fingerprint density at radius 1 is 1.57 bits per heavy atom. The largest absolute Gasteiger partial charge is 0.390 e. The molecule has 0 spiro atoms. The lowest BCUT2D eigenvalue weighted by Crippen LogP contribution is -2.42. The van der Waals surface area contributed by atoms with Gasteiger partial charge in [0, 0.05) is 6.04 Å². The first-order valence-corrected chi connectivity index (χ1v) is 4.63. The Morgan fingerprint density at radius 3 is 2.50 bits per heavy atom. The second-order valence-electron chi connectivity index (χ2n) is 4.29. The van der Waals surface area contributed by atoms with Crippen LogP contribution in [0.3, 0.4) is 0 Å². The molecule has 1 saturated heterocycles. The van der Waals surface area contributed by atoms with E-state index in [1.165, 1.54) is 0 Å². The number of rotatable bonds is 3. The van der Waals surface area contributed by atoms with Gasteiger partial charge in [0.15, 0.2) is 0 Å². The van der Waals surface area contributed by atoms with Crippen molar-refractivity contribution in [3.8, 4) is 0 Å². The monoisotopic (exact) mass is 200 g/mol. The summed E-state index contributed by atoms with van der Waals surface area (Å²) in [4.78, 5) is 23.7. The Labute approximate surface area is 83.1 Å². The van der Waals surface area contributed by atoms with Gasteiger partial charge in [-0.05, 0) is 27.2 Å². The fourth-order valence-corrected chi connectivity index (χ4v) is 1.70. The Bertz CT molecular complexity index is 241. The smallest absolute Gasteiger partial charge is 0.324 e. The molecular formula is C9H16N2O3. The van der Waals surface area contributed by atoms with Crippen LogP contribution in [0.2, 0.25) is 0 Å². The molecule has 0 aliphatic carbocycles. The van der Waals surface area contributed by atoms with Crippen LogP contribution in [0.4, 0.5) is 4.79 Å². The van der Waals surface area contributed by atoms with Crippen molar-refractivity contribution >= 4 is 11.9 Å². The predicted molar refractivity (Wildman–Crippen MR) is 50.6 cm³/mol. The van der Waals surface area contributed by atoms with Crippen LogP contribution >= 0.6 is 0 Å². The number of urea groups is 1. The standard InChI is InChI=1S/C9H16N2O3/c1-6(4-9(2,3)14)11-7(12)5-10-8(11)13/h6,14H,4-5H2,1-3H3,(H,10,13). The van der Waals surface area contributed by atoms with Crippen molar-refractivity contribution in [1.29, 1.82) is 0 Å². The van der Waals surface area contributed by atoms with Crippen molar-refractivity contribution in [3.63, 3.8) is 0 Å². The van der Waals surface area contributed by atoms with Crippen molar-refractivity contribution in [1.82, 2.24) is 10.2 Å². The molecule has 1 rings (SSSR count). The van der Waals surface area contributed by atoms with Crippen LogP contribution < -0.4 is 5.32 Å². The van der Waals surface area contributed by atoms with Crippen molar-refractivity contribution in [2.75, 3.05) is 6.54 Å². The molecule has 3 amide bonds. The van der Waals surface area contributed by atoms with Gasteiger partial charge in [-0.25, -0.2) is 4.79 Å². The minimum Gasteiger partial charge on any atom is -0.390 e. The SMILES string of the molecule is CC(CC(C)(C)O)N1C(=O)CNC1=O. The summed E-state index contributed by atoms with van der Waals surface area (Å²) >= 11 is 0. The second kappa shape index (κ2) is 3.57. The number of imide groups is 1. The maximum atomic E-state index is 11.3. The van der Waals surface area contributed by atoms with Crippen LogP contribution in [-0.2, 0) is 4.79 Å². The molecule has 2 N–H and O–H groups in total. The molecule has 1 aliphatic rings. The quantitative estimate of drug-likeness (QED) is 0.634. The van der Waals surface area contributed by atoms with Crippen LogP contribution in [0.5, 0.6) is 0 Å². The van der Waals surface area contributed by atoms with Gasteiger partial charge in [-0.1, -0.05) is 0 Å². The third-order valence-electron chi connectivity index (χ3n) is 2.11. The summed E-state index contributed by atoms with van der Waals surface area (Å²) in [5, 5.41) is 12.0. The van der Waals surface area contributed by atoms with Crippen molar-refractivity contribution in [2.45, 2.75) is 38.8 Å². The first kappa shape index (κ1) is 11.0. The van der Waals surface area contributed by atoms with E-state index in [2.05, 4.69) is 5.32 Å². The first-order valence-electron chi connectivity index (χ1n) is 4.63. The fraction of sp³-hybridized carbons (Fsp3) is 0.778. The van der Waals surface area contributed by atoms with E-state index in [0.717, 1.165) is 4.90 Å². The molecular weight excluding hydrogens is 184 g/mol. The molecule has 1 unspecified atom stereocenters. The summed E-state index contributed by atoms with van der Waals surface area (Å²) in [5.41, 5.74) is -0.872. The molecule has 1 fully saturated rings. The number of nitrogens with zero attached hydrogens (tertiary/aromatic N) is 1. The summed E-state index contributed by atoms with van der Waals surface area (Å²) in [6.45, 7) is 5.12. The molecule has 0 aromatic rings. The highest BCUT2D eigenvalue weighted by Crippen LogP contribution is 2.17. The summed E-state index contributed by atoms with van der Waals surface area (Å²) < 4.78 is 0. The zero-order valence-electron chi connectivity index (χ0n) is 8.70. The summed E-state index contributed by atoms with van der Waals surface area (Å²) in [6, 6.07) is -0.642.